The van der Waals surface area contributed by atoms with Crippen LogP contribution in [0.4, 0.5) is 0 Å². The van der Waals surface area contributed by atoms with Gasteiger partial charge in [0.15, 0.2) is 0 Å². The van der Waals surface area contributed by atoms with Gasteiger partial charge >= 0.3 is 0 Å². The van der Waals surface area contributed by atoms with Crippen LogP contribution in [-0.2, 0) is 27.1 Å². The summed E-state index contributed by atoms with van der Waals surface area (Å²) < 4.78 is 31.5. The van der Waals surface area contributed by atoms with E-state index in [0.717, 1.165) is 11.1 Å². The Morgan fingerprint density at radius 2 is 2.00 bits per heavy atom. The van der Waals surface area contributed by atoms with Gasteiger partial charge in [0.05, 0.1) is 12.4 Å². The first-order valence-electron chi connectivity index (χ1n) is 6.71. The van der Waals surface area contributed by atoms with Crippen LogP contribution in [-0.4, -0.2) is 39.0 Å². The van der Waals surface area contributed by atoms with Crippen LogP contribution >= 0.6 is 0 Å². The van der Waals surface area contributed by atoms with Crippen molar-refractivity contribution in [1.29, 1.82) is 0 Å². The lowest BCUT2D eigenvalue weighted by molar-refractivity contribution is 0.142. The summed E-state index contributed by atoms with van der Waals surface area (Å²) in [5, 5.41) is 0. The van der Waals surface area contributed by atoms with Gasteiger partial charge in [0.25, 0.3) is 0 Å². The van der Waals surface area contributed by atoms with Gasteiger partial charge in [-0.3, -0.25) is 0 Å². The normalized spacial score (nSPS) is 13.7. The molecule has 0 amide bonds. The highest BCUT2D eigenvalue weighted by atomic mass is 32.2. The Labute approximate surface area is 121 Å². The number of nitrogens with two attached hydrogens (primary N) is 1. The van der Waals surface area contributed by atoms with E-state index in [9.17, 15) is 8.42 Å². The van der Waals surface area contributed by atoms with Gasteiger partial charge in [-0.1, -0.05) is 31.2 Å². The summed E-state index contributed by atoms with van der Waals surface area (Å²) in [4.78, 5) is 0. The van der Waals surface area contributed by atoms with Crippen LogP contribution in [0, 0.1) is 0 Å². The Balaban J connectivity index is 2.91. The van der Waals surface area contributed by atoms with Crippen molar-refractivity contribution in [2.45, 2.75) is 32.2 Å². The second kappa shape index (κ2) is 7.73. The quantitative estimate of drug-likeness (QED) is 0.786. The van der Waals surface area contributed by atoms with Crippen molar-refractivity contribution < 1.29 is 13.2 Å². The van der Waals surface area contributed by atoms with Crippen LogP contribution in [0.1, 0.15) is 25.0 Å². The Kier molecular flexibility index (Phi) is 6.61. The molecule has 1 aromatic carbocycles. The molecule has 0 aromatic heterocycles. The molecule has 0 saturated heterocycles. The van der Waals surface area contributed by atoms with Crippen LogP contribution in [0.15, 0.2) is 24.3 Å². The average molecular weight is 300 g/mol. The van der Waals surface area contributed by atoms with E-state index in [-0.39, 0.29) is 11.8 Å². The summed E-state index contributed by atoms with van der Waals surface area (Å²) >= 11 is 0. The SMILES string of the molecule is CCN(C(C)COC)S(=O)(=O)Cc1cccc(CN)c1. The summed E-state index contributed by atoms with van der Waals surface area (Å²) in [5.74, 6) is -0.0112. The zero-order valence-electron chi connectivity index (χ0n) is 12.4. The minimum Gasteiger partial charge on any atom is -0.383 e. The van der Waals surface area contributed by atoms with Gasteiger partial charge in [0, 0.05) is 26.2 Å². The highest BCUT2D eigenvalue weighted by Gasteiger charge is 2.25. The average Bonchev–Trinajstić information content (AvgIpc) is 2.39. The zero-order valence-corrected chi connectivity index (χ0v) is 13.2. The number of hydrogen-bond donors (Lipinski definition) is 1. The maximum Gasteiger partial charge on any atom is 0.218 e. The number of nitrogens with zero attached hydrogens (tertiary/aromatic N) is 1. The van der Waals surface area contributed by atoms with Gasteiger partial charge in [0.2, 0.25) is 10.0 Å². The molecular weight excluding hydrogens is 276 g/mol. The smallest absolute Gasteiger partial charge is 0.218 e. The van der Waals surface area contributed by atoms with E-state index in [2.05, 4.69) is 0 Å². The molecule has 1 unspecified atom stereocenters. The second-order valence-corrected chi connectivity index (χ2v) is 6.71. The number of methoxy groups -OCH3 is 1. The van der Waals surface area contributed by atoms with Crippen LogP contribution in [0.3, 0.4) is 0 Å². The molecular formula is C14H24N2O3S. The van der Waals surface area contributed by atoms with Crippen LogP contribution < -0.4 is 5.73 Å². The van der Waals surface area contributed by atoms with Gasteiger partial charge < -0.3 is 10.5 Å². The van der Waals surface area contributed by atoms with Crippen LogP contribution in [0.25, 0.3) is 0 Å². The number of likely N-dealkylation sites (N-methyl/N-ethyl adjacent to an activating group) is 1. The fourth-order valence-corrected chi connectivity index (χ4v) is 4.02. The molecule has 0 spiro atoms. The van der Waals surface area contributed by atoms with Crippen molar-refractivity contribution in [1.82, 2.24) is 4.31 Å². The third kappa shape index (κ3) is 4.56. The lowest BCUT2D eigenvalue weighted by Gasteiger charge is -2.26. The van der Waals surface area contributed by atoms with Crippen molar-refractivity contribution in [3.63, 3.8) is 0 Å². The molecule has 1 aromatic rings. The van der Waals surface area contributed by atoms with E-state index in [1.807, 2.05) is 38.1 Å². The monoisotopic (exact) mass is 300 g/mol. The predicted octanol–water partition coefficient (Wildman–Crippen LogP) is 1.33. The highest BCUT2D eigenvalue weighted by molar-refractivity contribution is 7.88. The Morgan fingerprint density at radius 1 is 1.35 bits per heavy atom. The third-order valence-electron chi connectivity index (χ3n) is 3.14. The minimum absolute atomic E-state index is 0.0112. The molecule has 0 aliphatic carbocycles. The molecule has 0 radical (unpaired) electrons. The molecule has 0 aliphatic heterocycles. The molecule has 20 heavy (non-hydrogen) atoms. The number of rotatable bonds is 8. The molecule has 0 fully saturated rings. The van der Waals surface area contributed by atoms with Crippen LogP contribution in [0.2, 0.25) is 0 Å². The van der Waals surface area contributed by atoms with Gasteiger partial charge in [-0.2, -0.15) is 4.31 Å². The summed E-state index contributed by atoms with van der Waals surface area (Å²) in [5.41, 5.74) is 7.28. The molecule has 0 heterocycles. The summed E-state index contributed by atoms with van der Waals surface area (Å²) in [6.07, 6.45) is 0. The fourth-order valence-electron chi connectivity index (χ4n) is 2.25. The van der Waals surface area contributed by atoms with Crippen molar-refractivity contribution >= 4 is 10.0 Å². The first kappa shape index (κ1) is 17.1. The Morgan fingerprint density at radius 3 is 2.55 bits per heavy atom. The van der Waals surface area contributed by atoms with E-state index in [0.29, 0.717) is 19.7 Å². The molecule has 6 heteroatoms. The lowest BCUT2D eigenvalue weighted by atomic mass is 10.1. The molecule has 5 nitrogen and oxygen atoms in total. The minimum atomic E-state index is -3.36. The molecule has 0 aliphatic rings. The lowest BCUT2D eigenvalue weighted by Crippen LogP contribution is -2.41. The Bertz CT molecular complexity index is 517. The predicted molar refractivity (Wildman–Crippen MR) is 80.7 cm³/mol. The Hall–Kier alpha value is -0.950. The van der Waals surface area contributed by atoms with Gasteiger partial charge in [-0.05, 0) is 18.1 Å². The van der Waals surface area contributed by atoms with Crippen molar-refractivity contribution in [3.05, 3.63) is 35.4 Å². The number of ether oxygens (including phenoxy) is 1. The number of hydrogen-bond acceptors (Lipinski definition) is 4. The zero-order chi connectivity index (χ0) is 15.2. The largest absolute Gasteiger partial charge is 0.383 e. The van der Waals surface area contributed by atoms with Crippen molar-refractivity contribution in [2.75, 3.05) is 20.3 Å². The maximum absolute atomic E-state index is 12.5. The summed E-state index contributed by atoms with van der Waals surface area (Å²) in [7, 11) is -1.79. The third-order valence-corrected chi connectivity index (χ3v) is 5.18. The molecule has 2 N–H and O–H groups in total. The van der Waals surface area contributed by atoms with Crippen LogP contribution in [0.5, 0.6) is 0 Å². The summed E-state index contributed by atoms with van der Waals surface area (Å²) in [6.45, 7) is 4.91. The first-order chi connectivity index (χ1) is 9.44. The van der Waals surface area contributed by atoms with Gasteiger partial charge in [-0.25, -0.2) is 8.42 Å². The molecule has 0 saturated carbocycles. The second-order valence-electron chi connectivity index (χ2n) is 4.79. The van der Waals surface area contributed by atoms with Crippen molar-refractivity contribution in [3.8, 4) is 0 Å². The summed E-state index contributed by atoms with van der Waals surface area (Å²) in [6, 6.07) is 7.20. The molecule has 1 atom stereocenters. The standard InChI is InChI=1S/C14H24N2O3S/c1-4-16(12(2)10-19-3)20(17,18)11-14-7-5-6-13(8-14)9-15/h5-8,12H,4,9-11,15H2,1-3H3. The first-order valence-corrected chi connectivity index (χ1v) is 8.31. The van der Waals surface area contributed by atoms with Gasteiger partial charge in [0.1, 0.15) is 0 Å². The number of sulfonamides is 1. The van der Waals surface area contributed by atoms with E-state index < -0.39 is 10.0 Å². The molecule has 1 rings (SSSR count). The maximum atomic E-state index is 12.5. The molecule has 0 bridgehead atoms. The van der Waals surface area contributed by atoms with Crippen molar-refractivity contribution in [2.24, 2.45) is 5.73 Å². The fraction of sp³-hybridized carbons (Fsp3) is 0.571. The van der Waals surface area contributed by atoms with E-state index in [1.165, 1.54) is 4.31 Å². The topological polar surface area (TPSA) is 72.6 Å². The van der Waals surface area contributed by atoms with E-state index in [1.54, 1.807) is 7.11 Å². The van der Waals surface area contributed by atoms with E-state index in [4.69, 9.17) is 10.5 Å². The molecule has 114 valence electrons. The van der Waals surface area contributed by atoms with E-state index >= 15 is 0 Å². The van der Waals surface area contributed by atoms with Gasteiger partial charge in [-0.15, -0.1) is 0 Å². The highest BCUT2D eigenvalue weighted by Crippen LogP contribution is 2.15. The number of benzene rings is 1.